The van der Waals surface area contributed by atoms with Crippen LogP contribution in [0, 0.1) is 5.82 Å². The minimum absolute atomic E-state index is 0.199. The summed E-state index contributed by atoms with van der Waals surface area (Å²) in [6.45, 7) is 1.91. The van der Waals surface area contributed by atoms with Gasteiger partial charge >= 0.3 is 6.36 Å². The van der Waals surface area contributed by atoms with Crippen molar-refractivity contribution in [2.75, 3.05) is 0 Å². The van der Waals surface area contributed by atoms with Crippen LogP contribution in [0.1, 0.15) is 37.8 Å². The molecular formula is C13H17F4NO2. The van der Waals surface area contributed by atoms with Gasteiger partial charge in [0, 0.05) is 5.56 Å². The van der Waals surface area contributed by atoms with E-state index in [1.807, 2.05) is 6.92 Å². The maximum Gasteiger partial charge on any atom is 0.573 e. The summed E-state index contributed by atoms with van der Waals surface area (Å²) in [5.74, 6) is -1.34. The van der Waals surface area contributed by atoms with E-state index in [9.17, 15) is 22.7 Å². The maximum absolute atomic E-state index is 13.6. The van der Waals surface area contributed by atoms with Crippen molar-refractivity contribution in [3.8, 4) is 5.75 Å². The van der Waals surface area contributed by atoms with Crippen molar-refractivity contribution in [1.82, 2.24) is 0 Å². The van der Waals surface area contributed by atoms with E-state index in [0.717, 1.165) is 24.6 Å². The zero-order chi connectivity index (χ0) is 15.3. The fraction of sp³-hybridized carbons (Fsp3) is 0.538. The first-order valence-corrected chi connectivity index (χ1v) is 6.23. The lowest BCUT2D eigenvalue weighted by molar-refractivity contribution is -0.274. The summed E-state index contributed by atoms with van der Waals surface area (Å²) in [7, 11) is 0. The molecule has 0 saturated carbocycles. The minimum Gasteiger partial charge on any atom is -0.406 e. The van der Waals surface area contributed by atoms with Crippen LogP contribution in [-0.4, -0.2) is 17.6 Å². The van der Waals surface area contributed by atoms with Crippen LogP contribution in [0.15, 0.2) is 18.2 Å². The number of halogens is 4. The fourth-order valence-corrected chi connectivity index (χ4v) is 1.77. The zero-order valence-corrected chi connectivity index (χ0v) is 11.0. The molecule has 0 aliphatic rings. The number of aliphatic hydroxyl groups is 1. The van der Waals surface area contributed by atoms with Crippen LogP contribution >= 0.6 is 0 Å². The second-order valence-electron chi connectivity index (χ2n) is 4.47. The molecule has 0 spiro atoms. The van der Waals surface area contributed by atoms with Gasteiger partial charge in [0.1, 0.15) is 11.6 Å². The summed E-state index contributed by atoms with van der Waals surface area (Å²) in [4.78, 5) is 0. The van der Waals surface area contributed by atoms with Crippen molar-refractivity contribution in [3.05, 3.63) is 29.6 Å². The summed E-state index contributed by atoms with van der Waals surface area (Å²) in [6.07, 6.45) is -4.02. The monoisotopic (exact) mass is 295 g/mol. The third kappa shape index (κ3) is 4.97. The number of ether oxygens (including phenoxy) is 1. The van der Waals surface area contributed by atoms with Crippen LogP contribution in [0.4, 0.5) is 17.6 Å². The molecule has 1 aromatic carbocycles. The fourth-order valence-electron chi connectivity index (χ4n) is 1.77. The average molecular weight is 295 g/mol. The molecular weight excluding hydrogens is 278 g/mol. The van der Waals surface area contributed by atoms with Gasteiger partial charge in [-0.25, -0.2) is 4.39 Å². The summed E-state index contributed by atoms with van der Waals surface area (Å²) in [5, 5.41) is 9.80. The van der Waals surface area contributed by atoms with Crippen LogP contribution < -0.4 is 10.5 Å². The first kappa shape index (κ1) is 16.7. The Balaban J connectivity index is 2.90. The van der Waals surface area contributed by atoms with E-state index in [0.29, 0.717) is 12.8 Å². The molecule has 7 heteroatoms. The van der Waals surface area contributed by atoms with Crippen molar-refractivity contribution in [3.63, 3.8) is 0 Å². The van der Waals surface area contributed by atoms with Crippen LogP contribution in [0.5, 0.6) is 5.75 Å². The molecule has 0 heterocycles. The van der Waals surface area contributed by atoms with Crippen molar-refractivity contribution < 1.29 is 27.4 Å². The van der Waals surface area contributed by atoms with E-state index < -0.39 is 30.1 Å². The predicted molar refractivity (Wildman–Crippen MR) is 65.5 cm³/mol. The summed E-state index contributed by atoms with van der Waals surface area (Å²) < 4.78 is 53.6. The zero-order valence-electron chi connectivity index (χ0n) is 11.0. The first-order chi connectivity index (χ1) is 9.24. The number of hydrogen-bond donors (Lipinski definition) is 2. The molecule has 0 amide bonds. The van der Waals surface area contributed by atoms with Crippen LogP contribution in [0.25, 0.3) is 0 Å². The number of unbranched alkanes of at least 4 members (excludes halogenated alkanes) is 1. The van der Waals surface area contributed by atoms with Gasteiger partial charge in [0.05, 0.1) is 12.1 Å². The van der Waals surface area contributed by atoms with Gasteiger partial charge in [0.15, 0.2) is 0 Å². The van der Waals surface area contributed by atoms with E-state index in [4.69, 9.17) is 5.73 Å². The van der Waals surface area contributed by atoms with E-state index in [1.54, 1.807) is 0 Å². The highest BCUT2D eigenvalue weighted by atomic mass is 19.4. The van der Waals surface area contributed by atoms with E-state index in [1.165, 1.54) is 0 Å². The number of aliphatic hydroxyl groups excluding tert-OH is 1. The molecule has 0 unspecified atom stereocenters. The van der Waals surface area contributed by atoms with Gasteiger partial charge in [-0.3, -0.25) is 0 Å². The van der Waals surface area contributed by atoms with Gasteiger partial charge in [0.2, 0.25) is 0 Å². The molecule has 0 aliphatic carbocycles. The van der Waals surface area contributed by atoms with E-state index in [-0.39, 0.29) is 5.56 Å². The summed E-state index contributed by atoms with van der Waals surface area (Å²) in [5.41, 5.74) is 5.49. The van der Waals surface area contributed by atoms with Gasteiger partial charge < -0.3 is 15.6 Å². The molecule has 2 atom stereocenters. The Labute approximate surface area is 114 Å². The van der Waals surface area contributed by atoms with Crippen LogP contribution in [-0.2, 0) is 0 Å². The Morgan fingerprint density at radius 2 is 2.00 bits per heavy atom. The predicted octanol–water partition coefficient (Wildman–Crippen LogP) is 3.28. The smallest absolute Gasteiger partial charge is 0.406 e. The molecule has 0 bridgehead atoms. The lowest BCUT2D eigenvalue weighted by atomic mass is 9.98. The quantitative estimate of drug-likeness (QED) is 0.792. The van der Waals surface area contributed by atoms with Gasteiger partial charge in [-0.2, -0.15) is 0 Å². The standard InChI is InChI=1S/C13H17F4NO2/c1-2-3-4-11(19)12(18)9-7-8(5-6-10(9)14)20-13(15,16)17/h5-7,11-12,19H,2-4,18H2,1H3/t11-,12+/m1/s1. The number of alkyl halides is 3. The topological polar surface area (TPSA) is 55.5 Å². The lowest BCUT2D eigenvalue weighted by Gasteiger charge is -2.20. The highest BCUT2D eigenvalue weighted by molar-refractivity contribution is 5.32. The largest absolute Gasteiger partial charge is 0.573 e. The molecule has 114 valence electrons. The molecule has 20 heavy (non-hydrogen) atoms. The molecule has 1 aromatic rings. The van der Waals surface area contributed by atoms with Crippen molar-refractivity contribution in [1.29, 1.82) is 0 Å². The Hall–Kier alpha value is -1.34. The molecule has 0 saturated heterocycles. The summed E-state index contributed by atoms with van der Waals surface area (Å²) >= 11 is 0. The van der Waals surface area contributed by atoms with Crippen molar-refractivity contribution in [2.24, 2.45) is 5.73 Å². The normalized spacial score (nSPS) is 14.9. The first-order valence-electron chi connectivity index (χ1n) is 6.23. The number of hydrogen-bond acceptors (Lipinski definition) is 3. The van der Waals surface area contributed by atoms with Gasteiger partial charge in [0.25, 0.3) is 0 Å². The minimum atomic E-state index is -4.86. The number of benzene rings is 1. The Morgan fingerprint density at radius 3 is 2.55 bits per heavy atom. The van der Waals surface area contributed by atoms with Crippen LogP contribution in [0.3, 0.4) is 0 Å². The highest BCUT2D eigenvalue weighted by Gasteiger charge is 2.31. The second-order valence-corrected chi connectivity index (χ2v) is 4.47. The number of rotatable bonds is 6. The van der Waals surface area contributed by atoms with E-state index >= 15 is 0 Å². The second kappa shape index (κ2) is 6.90. The lowest BCUT2D eigenvalue weighted by Crippen LogP contribution is -2.27. The Morgan fingerprint density at radius 1 is 1.35 bits per heavy atom. The maximum atomic E-state index is 13.6. The van der Waals surface area contributed by atoms with Gasteiger partial charge in [-0.15, -0.1) is 13.2 Å². The van der Waals surface area contributed by atoms with Gasteiger partial charge in [-0.05, 0) is 24.6 Å². The summed E-state index contributed by atoms with van der Waals surface area (Å²) in [6, 6.07) is 1.46. The van der Waals surface area contributed by atoms with Gasteiger partial charge in [-0.1, -0.05) is 19.8 Å². The van der Waals surface area contributed by atoms with E-state index in [2.05, 4.69) is 4.74 Å². The highest BCUT2D eigenvalue weighted by Crippen LogP contribution is 2.28. The Kier molecular flexibility index (Phi) is 5.76. The Bertz CT molecular complexity index is 437. The molecule has 0 fully saturated rings. The molecule has 1 rings (SSSR count). The molecule has 0 radical (unpaired) electrons. The molecule has 0 aromatic heterocycles. The molecule has 0 aliphatic heterocycles. The molecule has 3 nitrogen and oxygen atoms in total. The third-order valence-corrected chi connectivity index (χ3v) is 2.83. The van der Waals surface area contributed by atoms with Crippen molar-refractivity contribution in [2.45, 2.75) is 44.7 Å². The average Bonchev–Trinajstić information content (AvgIpc) is 2.35. The third-order valence-electron chi connectivity index (χ3n) is 2.83. The number of nitrogens with two attached hydrogens (primary N) is 1. The van der Waals surface area contributed by atoms with Crippen LogP contribution in [0.2, 0.25) is 0 Å². The molecule has 3 N–H and O–H groups in total. The van der Waals surface area contributed by atoms with Crippen molar-refractivity contribution >= 4 is 0 Å². The SMILES string of the molecule is CCCC[C@@H](O)[C@@H](N)c1cc(OC(F)(F)F)ccc1F.